The summed E-state index contributed by atoms with van der Waals surface area (Å²) in [7, 11) is 5.06. The Labute approximate surface area is 150 Å². The standard InChI is InChI=1S/C18H18ClN3O3/c1-20-17(23)10-25-15-7-4-11(8-16(15)24-3)18-21-13-9-12(19)5-6-14(13)22(18)2/h4-9H,10H2,1-3H3,(H,20,23). The highest BCUT2D eigenvalue weighted by Gasteiger charge is 2.14. The van der Waals surface area contributed by atoms with E-state index in [0.717, 1.165) is 22.4 Å². The van der Waals surface area contributed by atoms with Crippen molar-refractivity contribution in [3.63, 3.8) is 0 Å². The van der Waals surface area contributed by atoms with Gasteiger partial charge in [0.15, 0.2) is 18.1 Å². The van der Waals surface area contributed by atoms with Crippen LogP contribution >= 0.6 is 11.6 Å². The van der Waals surface area contributed by atoms with E-state index >= 15 is 0 Å². The molecule has 1 amide bonds. The van der Waals surface area contributed by atoms with Crippen molar-refractivity contribution >= 4 is 28.5 Å². The van der Waals surface area contributed by atoms with Crippen LogP contribution in [0.5, 0.6) is 11.5 Å². The zero-order valence-corrected chi connectivity index (χ0v) is 14.9. The molecule has 1 N–H and O–H groups in total. The molecule has 0 aliphatic heterocycles. The Morgan fingerprint density at radius 3 is 2.76 bits per heavy atom. The number of hydrogen-bond acceptors (Lipinski definition) is 4. The van der Waals surface area contributed by atoms with Crippen molar-refractivity contribution < 1.29 is 14.3 Å². The Morgan fingerprint density at radius 1 is 1.24 bits per heavy atom. The number of rotatable bonds is 5. The highest BCUT2D eigenvalue weighted by Crippen LogP contribution is 2.33. The molecular weight excluding hydrogens is 342 g/mol. The molecule has 0 spiro atoms. The third-order valence-corrected chi connectivity index (χ3v) is 4.14. The molecule has 1 aromatic heterocycles. The first-order valence-corrected chi connectivity index (χ1v) is 8.05. The van der Waals surface area contributed by atoms with Crippen LogP contribution in [-0.4, -0.2) is 36.2 Å². The number of ether oxygens (including phenoxy) is 2. The van der Waals surface area contributed by atoms with Gasteiger partial charge in [-0.05, 0) is 36.4 Å². The van der Waals surface area contributed by atoms with Crippen molar-refractivity contribution in [3.05, 3.63) is 41.4 Å². The molecule has 0 fully saturated rings. The average molecular weight is 360 g/mol. The van der Waals surface area contributed by atoms with Crippen molar-refractivity contribution in [1.29, 1.82) is 0 Å². The summed E-state index contributed by atoms with van der Waals surface area (Å²) in [6, 6.07) is 11.1. The Bertz CT molecular complexity index is 937. The lowest BCUT2D eigenvalue weighted by molar-refractivity contribution is -0.122. The average Bonchev–Trinajstić information content (AvgIpc) is 2.95. The largest absolute Gasteiger partial charge is 0.493 e. The molecule has 1 heterocycles. The summed E-state index contributed by atoms with van der Waals surface area (Å²) in [5.74, 6) is 1.61. The summed E-state index contributed by atoms with van der Waals surface area (Å²) >= 11 is 6.05. The molecule has 6 nitrogen and oxygen atoms in total. The molecule has 130 valence electrons. The number of imidazole rings is 1. The number of aromatic nitrogens is 2. The van der Waals surface area contributed by atoms with Gasteiger partial charge in [0.05, 0.1) is 18.1 Å². The van der Waals surface area contributed by atoms with E-state index in [1.165, 1.54) is 0 Å². The lowest BCUT2D eigenvalue weighted by Gasteiger charge is -2.11. The summed E-state index contributed by atoms with van der Waals surface area (Å²) in [5.41, 5.74) is 2.68. The lowest BCUT2D eigenvalue weighted by atomic mass is 10.2. The summed E-state index contributed by atoms with van der Waals surface area (Å²) in [6.07, 6.45) is 0. The van der Waals surface area contributed by atoms with Crippen LogP contribution in [-0.2, 0) is 11.8 Å². The normalized spacial score (nSPS) is 10.7. The summed E-state index contributed by atoms with van der Waals surface area (Å²) in [5, 5.41) is 3.15. The zero-order valence-electron chi connectivity index (χ0n) is 14.2. The van der Waals surface area contributed by atoms with Crippen molar-refractivity contribution in [2.24, 2.45) is 7.05 Å². The highest BCUT2D eigenvalue weighted by atomic mass is 35.5. The minimum absolute atomic E-state index is 0.0724. The molecule has 25 heavy (non-hydrogen) atoms. The van der Waals surface area contributed by atoms with E-state index < -0.39 is 0 Å². The molecule has 0 radical (unpaired) electrons. The van der Waals surface area contributed by atoms with Gasteiger partial charge in [-0.2, -0.15) is 0 Å². The quantitative estimate of drug-likeness (QED) is 0.760. The van der Waals surface area contributed by atoms with Gasteiger partial charge in [0.25, 0.3) is 5.91 Å². The van der Waals surface area contributed by atoms with Gasteiger partial charge in [-0.15, -0.1) is 0 Å². The number of carbonyl (C=O) groups is 1. The fourth-order valence-electron chi connectivity index (χ4n) is 2.57. The van der Waals surface area contributed by atoms with Crippen molar-refractivity contribution in [3.8, 4) is 22.9 Å². The fraction of sp³-hybridized carbons (Fsp3) is 0.222. The second-order valence-electron chi connectivity index (χ2n) is 5.45. The number of nitrogens with zero attached hydrogens (tertiary/aromatic N) is 2. The van der Waals surface area contributed by atoms with Gasteiger partial charge in [-0.25, -0.2) is 4.98 Å². The summed E-state index contributed by atoms with van der Waals surface area (Å²) in [6.45, 7) is -0.0724. The maximum atomic E-state index is 11.3. The minimum atomic E-state index is -0.210. The first kappa shape index (κ1) is 17.1. The van der Waals surface area contributed by atoms with E-state index in [1.54, 1.807) is 20.2 Å². The van der Waals surface area contributed by atoms with Crippen molar-refractivity contribution in [2.75, 3.05) is 20.8 Å². The smallest absolute Gasteiger partial charge is 0.257 e. The number of aryl methyl sites for hydroxylation is 1. The van der Waals surface area contributed by atoms with Crippen LogP contribution < -0.4 is 14.8 Å². The second kappa shape index (κ2) is 7.03. The Kier molecular flexibility index (Phi) is 4.81. The molecule has 0 saturated carbocycles. The molecule has 0 saturated heterocycles. The molecule has 0 unspecified atom stereocenters. The van der Waals surface area contributed by atoms with Gasteiger partial charge in [-0.3, -0.25) is 4.79 Å². The van der Waals surface area contributed by atoms with E-state index in [1.807, 2.05) is 41.9 Å². The van der Waals surface area contributed by atoms with E-state index in [0.29, 0.717) is 16.5 Å². The van der Waals surface area contributed by atoms with Gasteiger partial charge >= 0.3 is 0 Å². The first-order chi connectivity index (χ1) is 12.0. The molecular formula is C18H18ClN3O3. The van der Waals surface area contributed by atoms with Crippen LogP contribution in [0.4, 0.5) is 0 Å². The summed E-state index contributed by atoms with van der Waals surface area (Å²) < 4.78 is 12.9. The molecule has 0 atom stereocenters. The van der Waals surface area contributed by atoms with Crippen molar-refractivity contribution in [2.45, 2.75) is 0 Å². The zero-order chi connectivity index (χ0) is 18.0. The Morgan fingerprint density at radius 2 is 2.04 bits per heavy atom. The highest BCUT2D eigenvalue weighted by molar-refractivity contribution is 6.31. The van der Waals surface area contributed by atoms with E-state index in [9.17, 15) is 4.79 Å². The van der Waals surface area contributed by atoms with E-state index in [-0.39, 0.29) is 12.5 Å². The van der Waals surface area contributed by atoms with Crippen LogP contribution in [0.2, 0.25) is 5.02 Å². The predicted molar refractivity (Wildman–Crippen MR) is 97.3 cm³/mol. The van der Waals surface area contributed by atoms with Gasteiger partial charge in [-0.1, -0.05) is 11.6 Å². The molecule has 3 aromatic rings. The predicted octanol–water partition coefficient (Wildman–Crippen LogP) is 3.03. The number of methoxy groups -OCH3 is 1. The van der Waals surface area contributed by atoms with Crippen LogP contribution in [0, 0.1) is 0 Å². The Balaban J connectivity index is 1.98. The Hall–Kier alpha value is -2.73. The van der Waals surface area contributed by atoms with Crippen LogP contribution in [0.3, 0.4) is 0 Å². The number of amides is 1. The summed E-state index contributed by atoms with van der Waals surface area (Å²) in [4.78, 5) is 16.0. The molecule has 7 heteroatoms. The van der Waals surface area contributed by atoms with Crippen molar-refractivity contribution in [1.82, 2.24) is 14.9 Å². The third-order valence-electron chi connectivity index (χ3n) is 3.90. The van der Waals surface area contributed by atoms with E-state index in [4.69, 9.17) is 21.1 Å². The number of nitrogens with one attached hydrogen (secondary N) is 1. The number of likely N-dealkylation sites (N-methyl/N-ethyl adjacent to an activating group) is 1. The molecule has 0 aliphatic carbocycles. The maximum Gasteiger partial charge on any atom is 0.257 e. The van der Waals surface area contributed by atoms with Crippen LogP contribution in [0.25, 0.3) is 22.4 Å². The molecule has 0 bridgehead atoms. The lowest BCUT2D eigenvalue weighted by Crippen LogP contribution is -2.24. The van der Waals surface area contributed by atoms with Gasteiger partial charge in [0, 0.05) is 24.7 Å². The maximum absolute atomic E-state index is 11.3. The SMILES string of the molecule is CNC(=O)COc1ccc(-c2nc3cc(Cl)ccc3n2C)cc1OC. The number of fused-ring (bicyclic) bond motifs is 1. The van der Waals surface area contributed by atoms with Gasteiger partial charge < -0.3 is 19.4 Å². The van der Waals surface area contributed by atoms with E-state index in [2.05, 4.69) is 10.3 Å². The third kappa shape index (κ3) is 3.39. The molecule has 2 aromatic carbocycles. The van der Waals surface area contributed by atoms with Crippen LogP contribution in [0.15, 0.2) is 36.4 Å². The fourth-order valence-corrected chi connectivity index (χ4v) is 2.74. The molecule has 0 aliphatic rings. The van der Waals surface area contributed by atoms with Gasteiger partial charge in [0.2, 0.25) is 0 Å². The molecule has 3 rings (SSSR count). The number of carbonyl (C=O) groups excluding carboxylic acids is 1. The number of halogens is 1. The second-order valence-corrected chi connectivity index (χ2v) is 5.89. The minimum Gasteiger partial charge on any atom is -0.493 e. The van der Waals surface area contributed by atoms with Crippen LogP contribution in [0.1, 0.15) is 0 Å². The number of hydrogen-bond donors (Lipinski definition) is 1. The topological polar surface area (TPSA) is 65.4 Å². The monoisotopic (exact) mass is 359 g/mol. The number of benzene rings is 2. The van der Waals surface area contributed by atoms with Gasteiger partial charge in [0.1, 0.15) is 5.82 Å². The first-order valence-electron chi connectivity index (χ1n) is 7.67.